The molecule has 3 aromatic rings. The second-order valence-corrected chi connectivity index (χ2v) is 5.74. The van der Waals surface area contributed by atoms with Crippen molar-refractivity contribution in [3.63, 3.8) is 0 Å². The Morgan fingerprint density at radius 3 is 2.71 bits per heavy atom. The van der Waals surface area contributed by atoms with Crippen molar-refractivity contribution in [2.75, 3.05) is 5.32 Å². The number of aromatic nitrogens is 3. The van der Waals surface area contributed by atoms with Crippen LogP contribution in [0, 0.1) is 6.92 Å². The molecule has 0 spiro atoms. The van der Waals surface area contributed by atoms with Gasteiger partial charge in [-0.2, -0.15) is 0 Å². The van der Waals surface area contributed by atoms with Gasteiger partial charge in [-0.3, -0.25) is 4.79 Å². The number of benzene rings is 1. The third-order valence-corrected chi connectivity index (χ3v) is 3.61. The fraction of sp³-hybridized carbons (Fsp3) is 0.111. The molecule has 120 valence electrons. The van der Waals surface area contributed by atoms with Gasteiger partial charge in [-0.1, -0.05) is 29.8 Å². The Kier molecular flexibility index (Phi) is 4.82. The number of anilines is 1. The molecule has 0 atom stereocenters. The summed E-state index contributed by atoms with van der Waals surface area (Å²) in [4.78, 5) is 24.5. The van der Waals surface area contributed by atoms with Gasteiger partial charge in [0.15, 0.2) is 0 Å². The number of carbonyl (C=O) groups excluding carboxylic acids is 1. The third kappa shape index (κ3) is 4.14. The van der Waals surface area contributed by atoms with E-state index in [-0.39, 0.29) is 5.91 Å². The van der Waals surface area contributed by atoms with Crippen molar-refractivity contribution in [3.05, 3.63) is 82.5 Å². The van der Waals surface area contributed by atoms with Crippen LogP contribution in [0.2, 0.25) is 5.02 Å². The lowest BCUT2D eigenvalue weighted by Crippen LogP contribution is -2.15. The Balaban J connectivity index is 1.67. The molecular formula is C18H15ClN4O. The smallest absolute Gasteiger partial charge is 0.275 e. The number of rotatable bonds is 4. The van der Waals surface area contributed by atoms with Crippen LogP contribution in [0.4, 0.5) is 5.82 Å². The van der Waals surface area contributed by atoms with Gasteiger partial charge in [-0.05, 0) is 48.7 Å². The van der Waals surface area contributed by atoms with E-state index in [1.54, 1.807) is 31.5 Å². The number of hydrogen-bond acceptors (Lipinski definition) is 4. The van der Waals surface area contributed by atoms with Gasteiger partial charge in [-0.25, -0.2) is 15.0 Å². The first kappa shape index (κ1) is 16.1. The normalized spacial score (nSPS) is 10.4. The lowest BCUT2D eigenvalue weighted by molar-refractivity contribution is 0.102. The van der Waals surface area contributed by atoms with Crippen molar-refractivity contribution in [3.8, 4) is 0 Å². The van der Waals surface area contributed by atoms with Crippen LogP contribution < -0.4 is 5.32 Å². The van der Waals surface area contributed by atoms with Gasteiger partial charge in [0, 0.05) is 17.4 Å². The molecule has 0 saturated carbocycles. The van der Waals surface area contributed by atoms with Crippen LogP contribution in [0.25, 0.3) is 0 Å². The Hall–Kier alpha value is -2.79. The number of nitrogens with one attached hydrogen (secondary N) is 1. The average Bonchev–Trinajstić information content (AvgIpc) is 2.57. The molecule has 0 aliphatic rings. The highest BCUT2D eigenvalue weighted by Gasteiger charge is 2.09. The van der Waals surface area contributed by atoms with Crippen molar-refractivity contribution in [2.45, 2.75) is 13.3 Å². The zero-order valence-electron chi connectivity index (χ0n) is 13.0. The quantitative estimate of drug-likeness (QED) is 0.788. The predicted octanol–water partition coefficient (Wildman–Crippen LogP) is 3.68. The Morgan fingerprint density at radius 1 is 1.12 bits per heavy atom. The highest BCUT2D eigenvalue weighted by molar-refractivity contribution is 6.30. The molecule has 0 aliphatic heterocycles. The Morgan fingerprint density at radius 2 is 2.00 bits per heavy atom. The van der Waals surface area contributed by atoms with E-state index in [0.29, 0.717) is 22.4 Å². The van der Waals surface area contributed by atoms with Gasteiger partial charge >= 0.3 is 0 Å². The van der Waals surface area contributed by atoms with Crippen LogP contribution in [0.15, 0.2) is 54.9 Å². The minimum Gasteiger partial charge on any atom is -0.305 e. The Labute approximate surface area is 144 Å². The van der Waals surface area contributed by atoms with Crippen molar-refractivity contribution in [1.29, 1.82) is 0 Å². The zero-order chi connectivity index (χ0) is 16.9. The molecular weight excluding hydrogens is 324 g/mol. The molecule has 0 radical (unpaired) electrons. The molecule has 1 amide bonds. The molecule has 0 saturated heterocycles. The molecule has 5 nitrogen and oxygen atoms in total. The van der Waals surface area contributed by atoms with Gasteiger partial charge in [0.1, 0.15) is 17.3 Å². The van der Waals surface area contributed by atoms with Crippen LogP contribution in [0.5, 0.6) is 0 Å². The van der Waals surface area contributed by atoms with Crippen LogP contribution in [-0.4, -0.2) is 20.9 Å². The van der Waals surface area contributed by atoms with E-state index in [9.17, 15) is 4.79 Å². The lowest BCUT2D eigenvalue weighted by Gasteiger charge is -2.06. The van der Waals surface area contributed by atoms with Crippen molar-refractivity contribution in [1.82, 2.24) is 15.0 Å². The summed E-state index contributed by atoms with van der Waals surface area (Å²) in [5, 5.41) is 3.44. The summed E-state index contributed by atoms with van der Waals surface area (Å²) >= 11 is 5.99. The first-order valence-corrected chi connectivity index (χ1v) is 7.78. The first-order chi connectivity index (χ1) is 11.6. The predicted molar refractivity (Wildman–Crippen MR) is 93.2 cm³/mol. The molecule has 2 heterocycles. The topological polar surface area (TPSA) is 67.8 Å². The fourth-order valence-corrected chi connectivity index (χ4v) is 2.46. The number of halogens is 1. The SMILES string of the molecule is Cc1nccc(C(=O)Nc2ccc(Cc3cccc(Cl)c3)cn2)n1. The number of nitrogens with zero attached hydrogens (tertiary/aromatic N) is 3. The lowest BCUT2D eigenvalue weighted by atomic mass is 10.1. The molecule has 0 unspecified atom stereocenters. The number of carbonyl (C=O) groups is 1. The molecule has 3 rings (SSSR count). The molecule has 6 heteroatoms. The average molecular weight is 339 g/mol. The standard InChI is InChI=1S/C18H15ClN4O/c1-12-20-8-7-16(22-12)18(24)23-17-6-5-14(11-21-17)9-13-3-2-4-15(19)10-13/h2-8,10-11H,9H2,1H3,(H,21,23,24). The fourth-order valence-electron chi connectivity index (χ4n) is 2.25. The molecule has 0 fully saturated rings. The van der Waals surface area contributed by atoms with Gasteiger partial charge in [-0.15, -0.1) is 0 Å². The van der Waals surface area contributed by atoms with E-state index in [0.717, 1.165) is 17.5 Å². The number of amides is 1. The van der Waals surface area contributed by atoms with Crippen LogP contribution >= 0.6 is 11.6 Å². The van der Waals surface area contributed by atoms with Crippen molar-refractivity contribution >= 4 is 23.3 Å². The minimum absolute atomic E-state index is 0.310. The highest BCUT2D eigenvalue weighted by atomic mass is 35.5. The van der Waals surface area contributed by atoms with Crippen molar-refractivity contribution < 1.29 is 4.79 Å². The molecule has 24 heavy (non-hydrogen) atoms. The molecule has 0 bridgehead atoms. The summed E-state index contributed by atoms with van der Waals surface area (Å²) in [6.45, 7) is 1.74. The van der Waals surface area contributed by atoms with Gasteiger partial charge in [0.05, 0.1) is 0 Å². The van der Waals surface area contributed by atoms with Crippen LogP contribution in [-0.2, 0) is 6.42 Å². The largest absolute Gasteiger partial charge is 0.305 e. The summed E-state index contributed by atoms with van der Waals surface area (Å²) in [5.41, 5.74) is 2.46. The minimum atomic E-state index is -0.310. The molecule has 1 N–H and O–H groups in total. The zero-order valence-corrected chi connectivity index (χ0v) is 13.8. The van der Waals surface area contributed by atoms with Gasteiger partial charge < -0.3 is 5.32 Å². The highest BCUT2D eigenvalue weighted by Crippen LogP contribution is 2.15. The maximum Gasteiger partial charge on any atom is 0.275 e. The van der Waals surface area contributed by atoms with Crippen molar-refractivity contribution in [2.24, 2.45) is 0 Å². The Bertz CT molecular complexity index is 865. The maximum atomic E-state index is 12.1. The number of hydrogen-bond donors (Lipinski definition) is 1. The van der Waals surface area contributed by atoms with E-state index >= 15 is 0 Å². The number of pyridine rings is 1. The van der Waals surface area contributed by atoms with E-state index in [2.05, 4.69) is 20.3 Å². The number of aryl methyl sites for hydroxylation is 1. The van der Waals surface area contributed by atoms with Gasteiger partial charge in [0.2, 0.25) is 0 Å². The summed E-state index contributed by atoms with van der Waals surface area (Å²) < 4.78 is 0. The van der Waals surface area contributed by atoms with E-state index in [1.165, 1.54) is 0 Å². The maximum absolute atomic E-state index is 12.1. The van der Waals surface area contributed by atoms with E-state index < -0.39 is 0 Å². The second kappa shape index (κ2) is 7.19. The first-order valence-electron chi connectivity index (χ1n) is 7.40. The molecule has 0 aliphatic carbocycles. The van der Waals surface area contributed by atoms with E-state index in [4.69, 9.17) is 11.6 Å². The molecule has 1 aromatic carbocycles. The second-order valence-electron chi connectivity index (χ2n) is 5.30. The summed E-state index contributed by atoms with van der Waals surface area (Å²) in [7, 11) is 0. The van der Waals surface area contributed by atoms with Gasteiger partial charge in [0.25, 0.3) is 5.91 Å². The van der Waals surface area contributed by atoms with E-state index in [1.807, 2.05) is 30.3 Å². The monoisotopic (exact) mass is 338 g/mol. The molecule has 2 aromatic heterocycles. The summed E-state index contributed by atoms with van der Waals surface area (Å²) in [5.74, 6) is 0.717. The van der Waals surface area contributed by atoms with Crippen LogP contribution in [0.3, 0.4) is 0 Å². The summed E-state index contributed by atoms with van der Waals surface area (Å²) in [6, 6.07) is 13.0. The van der Waals surface area contributed by atoms with Crippen LogP contribution in [0.1, 0.15) is 27.4 Å². The third-order valence-electron chi connectivity index (χ3n) is 3.37. The summed E-state index contributed by atoms with van der Waals surface area (Å²) in [6.07, 6.45) is 4.02.